The summed E-state index contributed by atoms with van der Waals surface area (Å²) in [5.74, 6) is -0.0461. The first-order chi connectivity index (χ1) is 13.1. The molecule has 1 saturated heterocycles. The number of rotatable bonds is 6. The lowest BCUT2D eigenvalue weighted by Gasteiger charge is -2.16. The second-order valence-corrected chi connectivity index (χ2v) is 6.56. The van der Waals surface area contributed by atoms with Crippen LogP contribution in [-0.2, 0) is 19.1 Å². The Balaban J connectivity index is 1.56. The number of nitrogens with one attached hydrogen (secondary N) is 1. The molecule has 0 saturated carbocycles. The number of carbonyl (C=O) groups excluding carboxylic acids is 3. The molecule has 2 aliphatic heterocycles. The fraction of sp³-hybridized carbons (Fsp3) is 0.278. The van der Waals surface area contributed by atoms with Crippen molar-refractivity contribution in [2.75, 3.05) is 33.4 Å². The molecule has 0 bridgehead atoms. The van der Waals surface area contributed by atoms with E-state index < -0.39 is 5.91 Å². The molecular weight excluding hydrogens is 372 g/mol. The predicted molar refractivity (Wildman–Crippen MR) is 98.7 cm³/mol. The van der Waals surface area contributed by atoms with Crippen molar-refractivity contribution in [3.05, 3.63) is 46.8 Å². The zero-order valence-electron chi connectivity index (χ0n) is 14.6. The molecule has 27 heavy (non-hydrogen) atoms. The molecule has 9 heteroatoms. The van der Waals surface area contributed by atoms with E-state index in [-0.39, 0.29) is 30.0 Å². The first-order valence-electron chi connectivity index (χ1n) is 8.20. The summed E-state index contributed by atoms with van der Waals surface area (Å²) in [6, 6.07) is 7.15. The summed E-state index contributed by atoms with van der Waals surface area (Å²) in [7, 11) is 1.57. The van der Waals surface area contributed by atoms with Crippen LogP contribution in [-0.4, -0.2) is 55.4 Å². The van der Waals surface area contributed by atoms with E-state index in [1.807, 2.05) is 0 Å². The molecule has 3 amide bonds. The monoisotopic (exact) mass is 390 g/mol. The zero-order valence-corrected chi connectivity index (χ0v) is 15.4. The van der Waals surface area contributed by atoms with Gasteiger partial charge in [-0.05, 0) is 35.5 Å². The number of benzene rings is 1. The third-order valence-electron chi connectivity index (χ3n) is 3.78. The van der Waals surface area contributed by atoms with E-state index in [1.165, 1.54) is 6.26 Å². The molecular formula is C18H18N2O6S. The standard InChI is InChI=1S/C18H18N2O6S/c1-24-13-4-2-12(3-5-13)10-15-17(22)20(18(23)27-15)7-6-19-16(21)14-11-25-8-9-26-14/h2-5,10-11H,6-9H2,1H3,(H,19,21)/b15-10+. The van der Waals surface area contributed by atoms with Gasteiger partial charge in [0.05, 0.1) is 12.0 Å². The fourth-order valence-electron chi connectivity index (χ4n) is 2.40. The van der Waals surface area contributed by atoms with Crippen molar-refractivity contribution in [3.63, 3.8) is 0 Å². The lowest BCUT2D eigenvalue weighted by molar-refractivity contribution is -0.124. The number of amides is 3. The third kappa shape index (κ3) is 4.62. The topological polar surface area (TPSA) is 94.2 Å². The molecule has 142 valence electrons. The lowest BCUT2D eigenvalue weighted by Crippen LogP contribution is -2.38. The molecule has 2 heterocycles. The highest BCUT2D eigenvalue weighted by molar-refractivity contribution is 8.18. The van der Waals surface area contributed by atoms with Crippen LogP contribution in [0.2, 0.25) is 0 Å². The Morgan fingerprint density at radius 1 is 1.30 bits per heavy atom. The van der Waals surface area contributed by atoms with Crippen LogP contribution in [0.3, 0.4) is 0 Å². The van der Waals surface area contributed by atoms with E-state index in [1.54, 1.807) is 37.5 Å². The Kier molecular flexibility index (Phi) is 6.02. The van der Waals surface area contributed by atoms with Gasteiger partial charge in [-0.25, -0.2) is 0 Å². The number of thioether (sulfide) groups is 1. The molecule has 0 spiro atoms. The molecule has 3 rings (SSSR count). The van der Waals surface area contributed by atoms with Crippen molar-refractivity contribution >= 4 is 34.9 Å². The van der Waals surface area contributed by atoms with Gasteiger partial charge in [-0.2, -0.15) is 0 Å². The number of nitrogens with zero attached hydrogens (tertiary/aromatic N) is 1. The quantitative estimate of drug-likeness (QED) is 0.740. The van der Waals surface area contributed by atoms with Gasteiger partial charge in [-0.3, -0.25) is 19.3 Å². The highest BCUT2D eigenvalue weighted by atomic mass is 32.2. The molecule has 0 radical (unpaired) electrons. The highest BCUT2D eigenvalue weighted by Crippen LogP contribution is 2.32. The van der Waals surface area contributed by atoms with E-state index in [0.29, 0.717) is 23.9 Å². The molecule has 0 unspecified atom stereocenters. The zero-order chi connectivity index (χ0) is 19.2. The molecule has 1 aromatic carbocycles. The van der Waals surface area contributed by atoms with Gasteiger partial charge in [-0.15, -0.1) is 0 Å². The minimum atomic E-state index is -0.449. The smallest absolute Gasteiger partial charge is 0.293 e. The van der Waals surface area contributed by atoms with Gasteiger partial charge in [-0.1, -0.05) is 12.1 Å². The fourth-order valence-corrected chi connectivity index (χ4v) is 3.27. The van der Waals surface area contributed by atoms with Gasteiger partial charge in [0, 0.05) is 13.1 Å². The number of carbonyl (C=O) groups is 3. The number of methoxy groups -OCH3 is 1. The van der Waals surface area contributed by atoms with E-state index in [9.17, 15) is 14.4 Å². The summed E-state index contributed by atoms with van der Waals surface area (Å²) in [6.07, 6.45) is 2.90. The van der Waals surface area contributed by atoms with Crippen molar-refractivity contribution < 1.29 is 28.6 Å². The van der Waals surface area contributed by atoms with Crippen molar-refractivity contribution in [2.24, 2.45) is 0 Å². The van der Waals surface area contributed by atoms with Gasteiger partial charge in [0.25, 0.3) is 17.1 Å². The van der Waals surface area contributed by atoms with E-state index >= 15 is 0 Å². The van der Waals surface area contributed by atoms with Gasteiger partial charge >= 0.3 is 0 Å². The normalized spacial score (nSPS) is 18.0. The predicted octanol–water partition coefficient (Wildman–Crippen LogP) is 1.74. The number of hydrogen-bond donors (Lipinski definition) is 1. The number of ether oxygens (including phenoxy) is 3. The van der Waals surface area contributed by atoms with Crippen molar-refractivity contribution in [1.29, 1.82) is 0 Å². The number of hydrogen-bond acceptors (Lipinski definition) is 7. The van der Waals surface area contributed by atoms with Gasteiger partial charge in [0.1, 0.15) is 25.2 Å². The Morgan fingerprint density at radius 3 is 2.74 bits per heavy atom. The van der Waals surface area contributed by atoms with E-state index in [0.717, 1.165) is 22.2 Å². The Labute approximate surface area is 160 Å². The van der Waals surface area contributed by atoms with Crippen molar-refractivity contribution in [1.82, 2.24) is 10.2 Å². The van der Waals surface area contributed by atoms with Crippen LogP contribution in [0.25, 0.3) is 6.08 Å². The summed E-state index contributed by atoms with van der Waals surface area (Å²) in [4.78, 5) is 37.9. The molecule has 1 fully saturated rings. The Bertz CT molecular complexity index is 803. The first kappa shape index (κ1) is 18.8. The highest BCUT2D eigenvalue weighted by Gasteiger charge is 2.34. The average Bonchev–Trinajstić information content (AvgIpc) is 2.96. The number of imide groups is 1. The van der Waals surface area contributed by atoms with Gasteiger partial charge in [0.2, 0.25) is 5.76 Å². The molecule has 1 N–H and O–H groups in total. The van der Waals surface area contributed by atoms with Crippen LogP contribution in [0.1, 0.15) is 5.56 Å². The minimum Gasteiger partial charge on any atom is -0.497 e. The lowest BCUT2D eigenvalue weighted by atomic mass is 10.2. The average molecular weight is 390 g/mol. The van der Waals surface area contributed by atoms with E-state index in [2.05, 4.69) is 5.32 Å². The van der Waals surface area contributed by atoms with E-state index in [4.69, 9.17) is 14.2 Å². The second-order valence-electron chi connectivity index (χ2n) is 5.56. The minimum absolute atomic E-state index is 0.0739. The Hall–Kier alpha value is -2.94. The van der Waals surface area contributed by atoms with Crippen molar-refractivity contribution in [2.45, 2.75) is 0 Å². The molecule has 1 aromatic rings. The summed E-state index contributed by atoms with van der Waals surface area (Å²) >= 11 is 0.872. The van der Waals surface area contributed by atoms with Crippen LogP contribution in [0.15, 0.2) is 41.2 Å². The third-order valence-corrected chi connectivity index (χ3v) is 4.69. The van der Waals surface area contributed by atoms with Crippen LogP contribution < -0.4 is 10.1 Å². The summed E-state index contributed by atoms with van der Waals surface area (Å²) in [6.45, 7) is 0.893. The second kappa shape index (κ2) is 8.63. The van der Waals surface area contributed by atoms with Crippen LogP contribution >= 0.6 is 11.8 Å². The molecule has 0 aliphatic carbocycles. The summed E-state index contributed by atoms with van der Waals surface area (Å²) in [5, 5.41) is 2.23. The largest absolute Gasteiger partial charge is 0.497 e. The van der Waals surface area contributed by atoms with Gasteiger partial charge < -0.3 is 19.5 Å². The maximum absolute atomic E-state index is 12.4. The van der Waals surface area contributed by atoms with Crippen molar-refractivity contribution in [3.8, 4) is 5.75 Å². The molecule has 8 nitrogen and oxygen atoms in total. The molecule has 0 atom stereocenters. The van der Waals surface area contributed by atoms with Crippen LogP contribution in [0.4, 0.5) is 4.79 Å². The maximum atomic E-state index is 12.4. The SMILES string of the molecule is COc1ccc(/C=C2/SC(=O)N(CCNC(=O)C3=COCCO3)C2=O)cc1. The summed E-state index contributed by atoms with van der Waals surface area (Å²) < 4.78 is 15.3. The first-order valence-corrected chi connectivity index (χ1v) is 9.02. The maximum Gasteiger partial charge on any atom is 0.293 e. The van der Waals surface area contributed by atoms with Crippen LogP contribution in [0.5, 0.6) is 5.75 Å². The Morgan fingerprint density at radius 2 is 2.07 bits per heavy atom. The van der Waals surface area contributed by atoms with Crippen LogP contribution in [0, 0.1) is 0 Å². The van der Waals surface area contributed by atoms with Gasteiger partial charge in [0.15, 0.2) is 0 Å². The molecule has 2 aliphatic rings. The molecule has 0 aromatic heterocycles. The summed E-state index contributed by atoms with van der Waals surface area (Å²) in [5.41, 5.74) is 0.788.